The number of halogens is 3. The quantitative estimate of drug-likeness (QED) is 0.343. The lowest BCUT2D eigenvalue weighted by Crippen LogP contribution is -2.46. The first-order valence-electron chi connectivity index (χ1n) is 10.1. The second-order valence-corrected chi connectivity index (χ2v) is 8.41. The molecule has 0 aliphatic rings. The summed E-state index contributed by atoms with van der Waals surface area (Å²) in [5, 5.41) is 18.0. The SMILES string of the molecule is Cc1nn(Cc2ccccc2)c(C[C@H](NC(=O)OC(C)(C)C)C(=O)OCC(F)(F)F)c1[N+](=O)[O-]. The number of hydrogen-bond donors (Lipinski definition) is 1. The van der Waals surface area contributed by atoms with Crippen molar-refractivity contribution in [2.45, 2.75) is 58.5 Å². The molecule has 0 spiro atoms. The maximum absolute atomic E-state index is 12.6. The topological polar surface area (TPSA) is 126 Å². The highest BCUT2D eigenvalue weighted by Gasteiger charge is 2.35. The molecule has 0 aliphatic carbocycles. The van der Waals surface area contributed by atoms with Crippen LogP contribution in [0.3, 0.4) is 0 Å². The minimum atomic E-state index is -4.80. The normalized spacial score (nSPS) is 12.7. The molecule has 1 N–H and O–H groups in total. The molecule has 1 atom stereocenters. The summed E-state index contributed by atoms with van der Waals surface area (Å²) in [6, 6.07) is 7.07. The van der Waals surface area contributed by atoms with E-state index in [1.165, 1.54) is 11.6 Å². The van der Waals surface area contributed by atoms with Crippen molar-refractivity contribution in [1.29, 1.82) is 0 Å². The zero-order chi connectivity index (χ0) is 25.7. The fraction of sp³-hybridized carbons (Fsp3) is 0.476. The molecule has 0 saturated carbocycles. The van der Waals surface area contributed by atoms with E-state index in [9.17, 15) is 32.9 Å². The summed E-state index contributed by atoms with van der Waals surface area (Å²) in [6.07, 6.45) is -6.46. The molecule has 0 aliphatic heterocycles. The van der Waals surface area contributed by atoms with Gasteiger partial charge in [0.2, 0.25) is 0 Å². The van der Waals surface area contributed by atoms with E-state index in [1.54, 1.807) is 51.1 Å². The van der Waals surface area contributed by atoms with Crippen LogP contribution < -0.4 is 5.32 Å². The number of carbonyl (C=O) groups excluding carboxylic acids is 2. The predicted molar refractivity (Wildman–Crippen MR) is 113 cm³/mol. The zero-order valence-electron chi connectivity index (χ0n) is 19.0. The van der Waals surface area contributed by atoms with E-state index in [4.69, 9.17) is 4.74 Å². The number of alkyl halides is 3. The molecule has 0 saturated heterocycles. The average molecular weight is 486 g/mol. The van der Waals surface area contributed by atoms with Crippen molar-refractivity contribution < 1.29 is 37.2 Å². The van der Waals surface area contributed by atoms with Gasteiger partial charge in [0.05, 0.1) is 11.5 Å². The Morgan fingerprint density at radius 2 is 1.82 bits per heavy atom. The van der Waals surface area contributed by atoms with Crippen LogP contribution in [-0.2, 0) is 27.2 Å². The Labute approximate surface area is 193 Å². The standard InChI is InChI=1S/C21H25F3N4O6/c1-13-17(28(31)32)16(27(26-13)11-14-8-6-5-7-9-14)10-15(18(29)33-12-21(22,23)24)25-19(30)34-20(2,3)4/h5-9,15H,10-12H2,1-4H3,(H,25,30)/t15-/m0/s1. The highest BCUT2D eigenvalue weighted by molar-refractivity contribution is 5.82. The number of hydrogen-bond acceptors (Lipinski definition) is 7. The van der Waals surface area contributed by atoms with Gasteiger partial charge in [-0.3, -0.25) is 14.8 Å². The Morgan fingerprint density at radius 3 is 2.35 bits per heavy atom. The first-order valence-corrected chi connectivity index (χ1v) is 10.1. The monoisotopic (exact) mass is 486 g/mol. The third-order valence-corrected chi connectivity index (χ3v) is 4.31. The lowest BCUT2D eigenvalue weighted by molar-refractivity contribution is -0.386. The first kappa shape index (κ1) is 26.6. The Morgan fingerprint density at radius 1 is 1.21 bits per heavy atom. The number of benzene rings is 1. The predicted octanol–water partition coefficient (Wildman–Crippen LogP) is 3.69. The molecule has 34 heavy (non-hydrogen) atoms. The van der Waals surface area contributed by atoms with Gasteiger partial charge >= 0.3 is 23.9 Å². The molecule has 2 rings (SSSR count). The smallest absolute Gasteiger partial charge is 0.422 e. The van der Waals surface area contributed by atoms with Crippen LogP contribution >= 0.6 is 0 Å². The van der Waals surface area contributed by atoms with E-state index in [1.807, 2.05) is 0 Å². The summed E-state index contributed by atoms with van der Waals surface area (Å²) in [6.45, 7) is 4.23. The third kappa shape index (κ3) is 8.05. The number of nitrogens with zero attached hydrogens (tertiary/aromatic N) is 3. The zero-order valence-corrected chi connectivity index (χ0v) is 19.0. The van der Waals surface area contributed by atoms with Crippen molar-refractivity contribution in [3.8, 4) is 0 Å². The van der Waals surface area contributed by atoms with Crippen molar-refractivity contribution in [2.75, 3.05) is 6.61 Å². The van der Waals surface area contributed by atoms with Gasteiger partial charge < -0.3 is 14.8 Å². The molecule has 0 radical (unpaired) electrons. The van der Waals surface area contributed by atoms with Crippen LogP contribution in [0.15, 0.2) is 30.3 Å². The summed E-state index contributed by atoms with van der Waals surface area (Å²) < 4.78 is 48.4. The fourth-order valence-corrected chi connectivity index (χ4v) is 3.04. The van der Waals surface area contributed by atoms with Crippen LogP contribution in [0, 0.1) is 17.0 Å². The van der Waals surface area contributed by atoms with E-state index >= 15 is 0 Å². The summed E-state index contributed by atoms with van der Waals surface area (Å²) in [7, 11) is 0. The molecule has 186 valence electrons. The Hall–Kier alpha value is -3.64. The largest absolute Gasteiger partial charge is 0.454 e. The minimum Gasteiger partial charge on any atom is -0.454 e. The molecule has 2 aromatic rings. The fourth-order valence-electron chi connectivity index (χ4n) is 3.04. The molecule has 10 nitrogen and oxygen atoms in total. The van der Waals surface area contributed by atoms with Gasteiger partial charge in [0.25, 0.3) is 0 Å². The summed E-state index contributed by atoms with van der Waals surface area (Å²) >= 11 is 0. The molecule has 0 unspecified atom stereocenters. The summed E-state index contributed by atoms with van der Waals surface area (Å²) in [5.41, 5.74) is -0.692. The molecular formula is C21H25F3N4O6. The molecule has 0 fully saturated rings. The Bertz CT molecular complexity index is 1030. The number of nitrogens with one attached hydrogen (secondary N) is 1. The summed E-state index contributed by atoms with van der Waals surface area (Å²) in [5.74, 6) is -1.43. The van der Waals surface area contributed by atoms with Crippen LogP contribution in [0.2, 0.25) is 0 Å². The number of esters is 1. The van der Waals surface area contributed by atoms with E-state index in [-0.39, 0.29) is 17.9 Å². The van der Waals surface area contributed by atoms with Crippen LogP contribution in [0.1, 0.15) is 37.7 Å². The van der Waals surface area contributed by atoms with Gasteiger partial charge in [-0.05, 0) is 33.3 Å². The van der Waals surface area contributed by atoms with Crippen molar-refractivity contribution in [3.05, 3.63) is 57.4 Å². The van der Waals surface area contributed by atoms with Gasteiger partial charge in [0, 0.05) is 6.42 Å². The minimum absolute atomic E-state index is 0.0376. The molecule has 1 heterocycles. The number of aryl methyl sites for hydroxylation is 1. The van der Waals surface area contributed by atoms with Gasteiger partial charge in [0.15, 0.2) is 6.61 Å². The van der Waals surface area contributed by atoms with E-state index < -0.39 is 53.5 Å². The number of alkyl carbamates (subject to hydrolysis) is 1. The Kier molecular flexibility index (Phi) is 8.24. The van der Waals surface area contributed by atoms with E-state index in [0.717, 1.165) is 5.56 Å². The first-order chi connectivity index (χ1) is 15.7. The molecule has 0 bridgehead atoms. The summed E-state index contributed by atoms with van der Waals surface area (Å²) in [4.78, 5) is 35.7. The van der Waals surface area contributed by atoms with Crippen molar-refractivity contribution in [2.24, 2.45) is 0 Å². The maximum atomic E-state index is 12.6. The number of amides is 1. The van der Waals surface area contributed by atoms with Crippen molar-refractivity contribution in [1.82, 2.24) is 15.1 Å². The second kappa shape index (κ2) is 10.5. The highest BCUT2D eigenvalue weighted by atomic mass is 19.4. The number of rotatable bonds is 8. The number of ether oxygens (including phenoxy) is 2. The third-order valence-electron chi connectivity index (χ3n) is 4.31. The molecule has 1 amide bonds. The van der Waals surface area contributed by atoms with Crippen LogP contribution in [0.4, 0.5) is 23.7 Å². The van der Waals surface area contributed by atoms with Crippen LogP contribution in [-0.4, -0.2) is 51.2 Å². The lowest BCUT2D eigenvalue weighted by atomic mass is 10.1. The lowest BCUT2D eigenvalue weighted by Gasteiger charge is -2.23. The number of aromatic nitrogens is 2. The Balaban J connectivity index is 2.41. The highest BCUT2D eigenvalue weighted by Crippen LogP contribution is 2.26. The van der Waals surface area contributed by atoms with E-state index in [2.05, 4.69) is 15.2 Å². The number of carbonyl (C=O) groups is 2. The van der Waals surface area contributed by atoms with Crippen LogP contribution in [0.5, 0.6) is 0 Å². The average Bonchev–Trinajstić information content (AvgIpc) is 2.99. The van der Waals surface area contributed by atoms with Crippen molar-refractivity contribution >= 4 is 17.7 Å². The van der Waals surface area contributed by atoms with E-state index in [0.29, 0.717) is 0 Å². The molecular weight excluding hydrogens is 461 g/mol. The van der Waals surface area contributed by atoms with Gasteiger partial charge in [-0.15, -0.1) is 0 Å². The maximum Gasteiger partial charge on any atom is 0.422 e. The molecule has 13 heteroatoms. The second-order valence-electron chi connectivity index (χ2n) is 8.41. The van der Waals surface area contributed by atoms with Crippen LogP contribution in [0.25, 0.3) is 0 Å². The van der Waals surface area contributed by atoms with Gasteiger partial charge in [-0.1, -0.05) is 30.3 Å². The van der Waals surface area contributed by atoms with Gasteiger partial charge in [-0.25, -0.2) is 9.59 Å². The molecule has 1 aromatic heterocycles. The van der Waals surface area contributed by atoms with Gasteiger partial charge in [-0.2, -0.15) is 18.3 Å². The van der Waals surface area contributed by atoms with Gasteiger partial charge in [0.1, 0.15) is 23.0 Å². The number of nitro groups is 1. The molecule has 1 aromatic carbocycles. The van der Waals surface area contributed by atoms with Crippen molar-refractivity contribution in [3.63, 3.8) is 0 Å².